The molecule has 4 nitrogen and oxygen atoms in total. The van der Waals surface area contributed by atoms with Crippen LogP contribution in [0.15, 0.2) is 10.9 Å². The van der Waals surface area contributed by atoms with Crippen LogP contribution in [0.1, 0.15) is 19.3 Å². The first-order chi connectivity index (χ1) is 7.25. The van der Waals surface area contributed by atoms with E-state index in [-0.39, 0.29) is 5.69 Å². The number of rotatable bonds is 0. The van der Waals surface area contributed by atoms with Gasteiger partial charge in [0.2, 0.25) is 0 Å². The Morgan fingerprint density at radius 3 is 3.20 bits per heavy atom. The number of nitrogens with zero attached hydrogens (tertiary/aromatic N) is 3. The van der Waals surface area contributed by atoms with Crippen molar-refractivity contribution in [1.82, 2.24) is 9.55 Å². The molecule has 1 aromatic heterocycles. The first-order valence-corrected chi connectivity index (χ1v) is 5.67. The Morgan fingerprint density at radius 1 is 1.47 bits per heavy atom. The van der Waals surface area contributed by atoms with Crippen molar-refractivity contribution in [2.45, 2.75) is 31.8 Å². The fourth-order valence-electron chi connectivity index (χ4n) is 2.58. The van der Waals surface area contributed by atoms with E-state index >= 15 is 0 Å². The predicted octanol–water partition coefficient (Wildman–Crippen LogP) is 1.27. The van der Waals surface area contributed by atoms with Crippen LogP contribution in [0.5, 0.6) is 0 Å². The third kappa shape index (κ3) is 1.35. The molecule has 3 heterocycles. The lowest BCUT2D eigenvalue weighted by atomic mass is 10.0. The minimum absolute atomic E-state index is 0.216. The van der Waals surface area contributed by atoms with Crippen LogP contribution in [0.25, 0.3) is 0 Å². The SMILES string of the molecule is O=c1nc(Cl)cc2n1CC1CCCCN21. The zero-order valence-electron chi connectivity index (χ0n) is 8.32. The Hall–Kier alpha value is -1.03. The molecule has 0 spiro atoms. The summed E-state index contributed by atoms with van der Waals surface area (Å²) in [5, 5.41) is 0.303. The highest BCUT2D eigenvalue weighted by molar-refractivity contribution is 6.29. The number of anilines is 1. The standard InChI is InChI=1S/C10H12ClN3O/c11-8-5-9-13-4-2-1-3-7(13)6-14(9)10(15)12-8/h5,7H,1-4,6H2. The Kier molecular flexibility index (Phi) is 1.99. The Morgan fingerprint density at radius 2 is 2.33 bits per heavy atom. The maximum Gasteiger partial charge on any atom is 0.350 e. The normalized spacial score (nSPS) is 23.8. The maximum absolute atomic E-state index is 11.6. The van der Waals surface area contributed by atoms with Gasteiger partial charge in [0.15, 0.2) is 0 Å². The van der Waals surface area contributed by atoms with Gasteiger partial charge >= 0.3 is 5.69 Å². The van der Waals surface area contributed by atoms with Crippen molar-refractivity contribution in [1.29, 1.82) is 0 Å². The molecule has 80 valence electrons. The average molecular weight is 226 g/mol. The lowest BCUT2D eigenvalue weighted by Gasteiger charge is -2.30. The molecule has 0 bridgehead atoms. The molecule has 1 aromatic rings. The van der Waals surface area contributed by atoms with E-state index in [4.69, 9.17) is 11.6 Å². The largest absolute Gasteiger partial charge is 0.353 e. The van der Waals surface area contributed by atoms with Crippen LogP contribution in [0.4, 0.5) is 5.82 Å². The monoisotopic (exact) mass is 225 g/mol. The summed E-state index contributed by atoms with van der Waals surface area (Å²) in [6.45, 7) is 1.81. The van der Waals surface area contributed by atoms with E-state index in [1.807, 2.05) is 0 Å². The summed E-state index contributed by atoms with van der Waals surface area (Å²) in [4.78, 5) is 17.7. The maximum atomic E-state index is 11.6. The molecule has 1 saturated heterocycles. The van der Waals surface area contributed by atoms with E-state index in [9.17, 15) is 4.79 Å². The van der Waals surface area contributed by atoms with Crippen molar-refractivity contribution in [2.75, 3.05) is 11.4 Å². The first kappa shape index (κ1) is 9.21. The van der Waals surface area contributed by atoms with Crippen LogP contribution in [-0.4, -0.2) is 22.1 Å². The van der Waals surface area contributed by atoms with Gasteiger partial charge in [-0.15, -0.1) is 0 Å². The number of aromatic nitrogens is 2. The van der Waals surface area contributed by atoms with Gasteiger partial charge in [0.05, 0.1) is 0 Å². The molecular formula is C10H12ClN3O. The molecular weight excluding hydrogens is 214 g/mol. The molecule has 15 heavy (non-hydrogen) atoms. The van der Waals surface area contributed by atoms with E-state index in [2.05, 4.69) is 9.88 Å². The smallest absolute Gasteiger partial charge is 0.350 e. The van der Waals surface area contributed by atoms with Crippen molar-refractivity contribution in [3.63, 3.8) is 0 Å². The van der Waals surface area contributed by atoms with Crippen LogP contribution in [-0.2, 0) is 6.54 Å². The second-order valence-corrected chi connectivity index (χ2v) is 4.56. The van der Waals surface area contributed by atoms with Gasteiger partial charge in [0, 0.05) is 25.2 Å². The molecule has 3 rings (SSSR count). The zero-order chi connectivity index (χ0) is 10.4. The van der Waals surface area contributed by atoms with Crippen molar-refractivity contribution >= 4 is 17.4 Å². The van der Waals surface area contributed by atoms with Crippen molar-refractivity contribution in [3.05, 3.63) is 21.7 Å². The van der Waals surface area contributed by atoms with Gasteiger partial charge in [-0.05, 0) is 19.3 Å². The summed E-state index contributed by atoms with van der Waals surface area (Å²) < 4.78 is 1.74. The van der Waals surface area contributed by atoms with E-state index in [0.717, 1.165) is 18.9 Å². The Labute approximate surface area is 92.5 Å². The predicted molar refractivity (Wildman–Crippen MR) is 58.5 cm³/mol. The van der Waals surface area contributed by atoms with Gasteiger partial charge in [-0.3, -0.25) is 4.57 Å². The number of hydrogen-bond acceptors (Lipinski definition) is 3. The quantitative estimate of drug-likeness (QED) is 0.624. The molecule has 5 heteroatoms. The summed E-state index contributed by atoms with van der Waals surface area (Å²) in [6.07, 6.45) is 3.62. The molecule has 1 unspecified atom stereocenters. The summed E-state index contributed by atoms with van der Waals surface area (Å²) in [5.41, 5.74) is -0.216. The van der Waals surface area contributed by atoms with E-state index in [1.165, 1.54) is 19.3 Å². The molecule has 0 radical (unpaired) electrons. The Bertz CT molecular complexity index is 456. The van der Waals surface area contributed by atoms with Gasteiger partial charge in [-0.25, -0.2) is 4.79 Å². The van der Waals surface area contributed by atoms with Crippen LogP contribution in [0, 0.1) is 0 Å². The molecule has 2 aliphatic heterocycles. The van der Waals surface area contributed by atoms with Crippen molar-refractivity contribution < 1.29 is 0 Å². The van der Waals surface area contributed by atoms with Crippen molar-refractivity contribution in [3.8, 4) is 0 Å². The molecule has 0 saturated carbocycles. The lowest BCUT2D eigenvalue weighted by molar-refractivity contribution is 0.458. The molecule has 0 aromatic carbocycles. The first-order valence-electron chi connectivity index (χ1n) is 5.30. The summed E-state index contributed by atoms with van der Waals surface area (Å²) in [6, 6.07) is 2.28. The topological polar surface area (TPSA) is 38.1 Å². The van der Waals surface area contributed by atoms with Crippen LogP contribution in [0.3, 0.4) is 0 Å². The molecule has 0 aliphatic carbocycles. The van der Waals surface area contributed by atoms with Gasteiger partial charge in [0.1, 0.15) is 11.0 Å². The summed E-state index contributed by atoms with van der Waals surface area (Å²) in [7, 11) is 0. The minimum Gasteiger partial charge on any atom is -0.353 e. The number of halogens is 1. The van der Waals surface area contributed by atoms with Gasteiger partial charge in [0.25, 0.3) is 0 Å². The second kappa shape index (κ2) is 3.23. The highest BCUT2D eigenvalue weighted by Crippen LogP contribution is 2.31. The highest BCUT2D eigenvalue weighted by Gasteiger charge is 2.32. The fraction of sp³-hybridized carbons (Fsp3) is 0.600. The summed E-state index contributed by atoms with van der Waals surface area (Å²) >= 11 is 5.81. The van der Waals surface area contributed by atoms with E-state index in [0.29, 0.717) is 11.2 Å². The number of hydrogen-bond donors (Lipinski definition) is 0. The van der Waals surface area contributed by atoms with Gasteiger partial charge < -0.3 is 4.90 Å². The average Bonchev–Trinajstić information content (AvgIpc) is 2.57. The van der Waals surface area contributed by atoms with Crippen LogP contribution < -0.4 is 10.6 Å². The summed E-state index contributed by atoms with van der Waals surface area (Å²) in [5.74, 6) is 0.949. The minimum atomic E-state index is -0.216. The molecule has 1 fully saturated rings. The third-order valence-electron chi connectivity index (χ3n) is 3.27. The molecule has 0 N–H and O–H groups in total. The van der Waals surface area contributed by atoms with Crippen molar-refractivity contribution in [2.24, 2.45) is 0 Å². The van der Waals surface area contributed by atoms with Crippen LogP contribution in [0.2, 0.25) is 5.15 Å². The van der Waals surface area contributed by atoms with E-state index < -0.39 is 0 Å². The van der Waals surface area contributed by atoms with Gasteiger partial charge in [-0.1, -0.05) is 11.6 Å². The number of fused-ring (bicyclic) bond motifs is 3. The second-order valence-electron chi connectivity index (χ2n) is 4.17. The lowest BCUT2D eigenvalue weighted by Crippen LogP contribution is -2.36. The molecule has 2 aliphatic rings. The third-order valence-corrected chi connectivity index (χ3v) is 3.47. The van der Waals surface area contributed by atoms with Crippen LogP contribution >= 0.6 is 11.6 Å². The van der Waals surface area contributed by atoms with E-state index in [1.54, 1.807) is 10.6 Å². The number of piperidine rings is 1. The molecule has 0 amide bonds. The van der Waals surface area contributed by atoms with Gasteiger partial charge in [-0.2, -0.15) is 4.98 Å². The zero-order valence-corrected chi connectivity index (χ0v) is 9.07. The molecule has 1 atom stereocenters. The Balaban J connectivity index is 2.12. The highest BCUT2D eigenvalue weighted by atomic mass is 35.5. The fourth-order valence-corrected chi connectivity index (χ4v) is 2.75.